The molecule has 0 unspecified atom stereocenters. The van der Waals surface area contributed by atoms with Gasteiger partial charge in [-0.25, -0.2) is 4.79 Å². The molecule has 24 heavy (non-hydrogen) atoms. The molecule has 0 aromatic rings. The fraction of sp³-hybridized carbons (Fsp3) is 0.409. The highest BCUT2D eigenvalue weighted by atomic mass is 16.5. The molecule has 0 saturated heterocycles. The Labute approximate surface area is 148 Å². The Morgan fingerprint density at radius 3 is 2.08 bits per heavy atom. The molecule has 0 aromatic heterocycles. The van der Waals surface area contributed by atoms with E-state index in [0.717, 1.165) is 38.5 Å². The van der Waals surface area contributed by atoms with Gasteiger partial charge in [-0.1, -0.05) is 73.8 Å². The Morgan fingerprint density at radius 2 is 1.38 bits per heavy atom. The summed E-state index contributed by atoms with van der Waals surface area (Å²) in [6.07, 6.45) is 30.8. The van der Waals surface area contributed by atoms with Gasteiger partial charge in [0.05, 0.1) is 6.61 Å². The van der Waals surface area contributed by atoms with Crippen LogP contribution in [0.3, 0.4) is 0 Å². The van der Waals surface area contributed by atoms with Gasteiger partial charge < -0.3 is 4.74 Å². The number of esters is 1. The molecule has 0 bridgehead atoms. The number of carbonyl (C=O) groups is 1. The molecule has 0 aliphatic carbocycles. The minimum atomic E-state index is -0.301. The van der Waals surface area contributed by atoms with Crippen LogP contribution < -0.4 is 0 Å². The van der Waals surface area contributed by atoms with Crippen LogP contribution in [-0.4, -0.2) is 12.6 Å². The molecule has 132 valence electrons. The van der Waals surface area contributed by atoms with Crippen LogP contribution in [0.4, 0.5) is 0 Å². The summed E-state index contributed by atoms with van der Waals surface area (Å²) in [5.74, 6) is -0.301. The van der Waals surface area contributed by atoms with E-state index in [2.05, 4.69) is 49.5 Å². The number of hydrogen-bond acceptors (Lipinski definition) is 2. The van der Waals surface area contributed by atoms with Gasteiger partial charge in [0.25, 0.3) is 0 Å². The summed E-state index contributed by atoms with van der Waals surface area (Å²) in [6, 6.07) is 0. The molecule has 0 radical (unpaired) electrons. The molecule has 2 heteroatoms. The van der Waals surface area contributed by atoms with Gasteiger partial charge in [-0.05, 0) is 45.4 Å². The molecule has 0 aliphatic rings. The topological polar surface area (TPSA) is 26.3 Å². The lowest BCUT2D eigenvalue weighted by molar-refractivity contribution is -0.137. The Bertz CT molecular complexity index is 462. The third kappa shape index (κ3) is 18.0. The van der Waals surface area contributed by atoms with E-state index in [1.54, 1.807) is 13.0 Å². The van der Waals surface area contributed by atoms with Crippen LogP contribution in [0.5, 0.6) is 0 Å². The van der Waals surface area contributed by atoms with Gasteiger partial charge >= 0.3 is 5.97 Å². The highest BCUT2D eigenvalue weighted by molar-refractivity contribution is 5.82. The second-order valence-corrected chi connectivity index (χ2v) is 5.15. The van der Waals surface area contributed by atoms with Crippen molar-refractivity contribution in [1.29, 1.82) is 0 Å². The number of hydrogen-bond donors (Lipinski definition) is 0. The van der Waals surface area contributed by atoms with Crippen molar-refractivity contribution in [2.24, 2.45) is 0 Å². The largest absolute Gasteiger partial charge is 0.463 e. The van der Waals surface area contributed by atoms with Crippen molar-refractivity contribution in [2.45, 2.75) is 52.4 Å². The van der Waals surface area contributed by atoms with E-state index >= 15 is 0 Å². The SMILES string of the molecule is CC/C=C/C/C=C/C/C=C/CCC/C=C/C=C/C=C/C(=O)OCC. The maximum atomic E-state index is 11.0. The van der Waals surface area contributed by atoms with Gasteiger partial charge in [-0.2, -0.15) is 0 Å². The summed E-state index contributed by atoms with van der Waals surface area (Å²) >= 11 is 0. The molecule has 0 heterocycles. The van der Waals surface area contributed by atoms with Crippen molar-refractivity contribution < 1.29 is 9.53 Å². The van der Waals surface area contributed by atoms with Crippen molar-refractivity contribution in [3.8, 4) is 0 Å². The highest BCUT2D eigenvalue weighted by Gasteiger charge is 1.89. The first-order valence-corrected chi connectivity index (χ1v) is 8.92. The summed E-state index contributed by atoms with van der Waals surface area (Å²) in [6.45, 7) is 4.36. The zero-order chi connectivity index (χ0) is 17.7. The van der Waals surface area contributed by atoms with Gasteiger partial charge in [0, 0.05) is 6.08 Å². The number of rotatable bonds is 13. The number of unbranched alkanes of at least 4 members (excludes halogenated alkanes) is 2. The quantitative estimate of drug-likeness (QED) is 0.131. The average molecular weight is 328 g/mol. The molecular formula is C22H32O2. The average Bonchev–Trinajstić information content (AvgIpc) is 2.58. The van der Waals surface area contributed by atoms with Gasteiger partial charge in [0.2, 0.25) is 0 Å². The molecule has 0 aliphatic heterocycles. The second-order valence-electron chi connectivity index (χ2n) is 5.15. The molecule has 2 nitrogen and oxygen atoms in total. The molecule has 0 aromatic carbocycles. The van der Waals surface area contributed by atoms with Crippen LogP contribution >= 0.6 is 0 Å². The molecule has 0 rings (SSSR count). The first-order valence-electron chi connectivity index (χ1n) is 8.92. The van der Waals surface area contributed by atoms with Crippen molar-refractivity contribution in [1.82, 2.24) is 0 Å². The van der Waals surface area contributed by atoms with Gasteiger partial charge in [0.1, 0.15) is 0 Å². The van der Waals surface area contributed by atoms with Crippen LogP contribution in [-0.2, 0) is 9.53 Å². The zero-order valence-corrected chi connectivity index (χ0v) is 15.2. The minimum Gasteiger partial charge on any atom is -0.463 e. The number of ether oxygens (including phenoxy) is 1. The lowest BCUT2D eigenvalue weighted by Gasteiger charge is -1.92. The van der Waals surface area contributed by atoms with Crippen LogP contribution in [0.25, 0.3) is 0 Å². The molecule has 0 spiro atoms. The molecular weight excluding hydrogens is 296 g/mol. The normalized spacial score (nSPS) is 12.9. The Morgan fingerprint density at radius 1 is 0.750 bits per heavy atom. The standard InChI is InChI=1S/C22H32O2/c1-3-5-6-7-8-9-10-11-12-13-14-15-16-17-18-19-20-21-22(23)24-4-2/h5-6,8-9,11-12,16-21H,3-4,7,10,13-15H2,1-2H3/b6-5+,9-8+,12-11+,17-16+,19-18+,21-20+. The maximum Gasteiger partial charge on any atom is 0.330 e. The summed E-state index contributed by atoms with van der Waals surface area (Å²) in [4.78, 5) is 11.0. The monoisotopic (exact) mass is 328 g/mol. The fourth-order valence-corrected chi connectivity index (χ4v) is 1.81. The molecule has 0 atom stereocenters. The Hall–Kier alpha value is -2.09. The highest BCUT2D eigenvalue weighted by Crippen LogP contribution is 2.00. The van der Waals surface area contributed by atoms with Crippen molar-refractivity contribution >= 4 is 5.97 Å². The van der Waals surface area contributed by atoms with Gasteiger partial charge in [-0.3, -0.25) is 0 Å². The predicted molar refractivity (Wildman–Crippen MR) is 105 cm³/mol. The lowest BCUT2D eigenvalue weighted by atomic mass is 10.2. The van der Waals surface area contributed by atoms with E-state index in [9.17, 15) is 4.79 Å². The third-order valence-corrected chi connectivity index (χ3v) is 3.01. The minimum absolute atomic E-state index is 0.301. The van der Waals surface area contributed by atoms with E-state index in [0.29, 0.717) is 6.61 Å². The van der Waals surface area contributed by atoms with Crippen LogP contribution in [0, 0.1) is 0 Å². The van der Waals surface area contributed by atoms with E-state index in [4.69, 9.17) is 4.74 Å². The Balaban J connectivity index is 3.56. The molecule has 0 fully saturated rings. The summed E-state index contributed by atoms with van der Waals surface area (Å²) in [5.41, 5.74) is 0. The summed E-state index contributed by atoms with van der Waals surface area (Å²) in [5, 5.41) is 0. The molecule has 0 amide bonds. The van der Waals surface area contributed by atoms with Crippen LogP contribution in [0.15, 0.2) is 72.9 Å². The van der Waals surface area contributed by atoms with E-state index < -0.39 is 0 Å². The summed E-state index contributed by atoms with van der Waals surface area (Å²) in [7, 11) is 0. The first-order chi connectivity index (χ1) is 11.8. The zero-order valence-electron chi connectivity index (χ0n) is 15.2. The second kappa shape index (κ2) is 19.0. The maximum absolute atomic E-state index is 11.0. The van der Waals surface area contributed by atoms with Gasteiger partial charge in [0.15, 0.2) is 0 Å². The van der Waals surface area contributed by atoms with E-state index in [1.165, 1.54) is 6.08 Å². The molecule has 0 saturated carbocycles. The fourth-order valence-electron chi connectivity index (χ4n) is 1.81. The Kier molecular flexibility index (Phi) is 17.3. The van der Waals surface area contributed by atoms with E-state index in [-0.39, 0.29) is 5.97 Å². The summed E-state index contributed by atoms with van der Waals surface area (Å²) < 4.78 is 4.78. The van der Waals surface area contributed by atoms with Crippen molar-refractivity contribution in [2.75, 3.05) is 6.61 Å². The molecule has 0 N–H and O–H groups in total. The van der Waals surface area contributed by atoms with E-state index in [1.807, 2.05) is 18.2 Å². The van der Waals surface area contributed by atoms with Crippen molar-refractivity contribution in [3.63, 3.8) is 0 Å². The predicted octanol–water partition coefficient (Wildman–Crippen LogP) is 6.25. The van der Waals surface area contributed by atoms with Gasteiger partial charge in [-0.15, -0.1) is 0 Å². The van der Waals surface area contributed by atoms with Crippen molar-refractivity contribution in [3.05, 3.63) is 72.9 Å². The van der Waals surface area contributed by atoms with Crippen LogP contribution in [0.2, 0.25) is 0 Å². The van der Waals surface area contributed by atoms with Crippen LogP contribution in [0.1, 0.15) is 52.4 Å². The number of allylic oxidation sites excluding steroid dienone is 11. The smallest absolute Gasteiger partial charge is 0.330 e. The third-order valence-electron chi connectivity index (χ3n) is 3.01. The number of carbonyl (C=O) groups excluding carboxylic acids is 1. The first kappa shape index (κ1) is 21.9. The lowest BCUT2D eigenvalue weighted by Crippen LogP contribution is -1.98.